The fourth-order valence-corrected chi connectivity index (χ4v) is 20.9. The predicted octanol–water partition coefficient (Wildman–Crippen LogP) is 20.0. The Morgan fingerprint density at radius 1 is 0.380 bits per heavy atom. The molecule has 4 N–H and O–H groups in total. The van der Waals surface area contributed by atoms with Crippen molar-refractivity contribution in [2.24, 2.45) is 78.8 Å². The standard InChI is InChI=1S/C18H26O2.C17H24O2.2C16H26O3.2C13H18O5.2C6H12O2/c1-5-17(3,4)16(19)20-18(6-2)13-9-11-14-10-7-8-12-15(14)18;1-5-16(2,3)15(18)19-17(4)12-8-10-13-9-6-7-11-14(13)17;2*1-4-14(2,3)13(17)19-16-8-11-5-12(9-16)7-15(18,6-11)10-16;2*1-4-13(2,3)12(15)18-9-7-5-6-8(16-7)10(9)17-11(6)14;2*1-4-6(2,3)5(7)8/h7-8,10,12H,5-6,9,11,13H2,1-4H3;6-7,9,11H,5,8,10,12H2,1-4H3;2*11-12,18H,4-10H2,1-3H3;2*6-10H,4-5H2,1-3H3;2*4H2,1-3H3,(H,7,8). The van der Waals surface area contributed by atoms with Crippen LogP contribution in [-0.2, 0) is 119 Å². The van der Waals surface area contributed by atoms with Gasteiger partial charge in [0.05, 0.1) is 78.6 Å². The summed E-state index contributed by atoms with van der Waals surface area (Å²) in [5, 5.41) is 38.2. The summed E-state index contributed by atoms with van der Waals surface area (Å²) < 4.78 is 56.9. The minimum atomic E-state index is -0.722. The van der Waals surface area contributed by atoms with Crippen LogP contribution in [0, 0.1) is 78.8 Å². The smallest absolute Gasteiger partial charge is 0.312 e. The van der Waals surface area contributed by atoms with Gasteiger partial charge in [-0.05, 0) is 337 Å². The van der Waals surface area contributed by atoms with Crippen molar-refractivity contribution >= 4 is 59.7 Å². The second kappa shape index (κ2) is 40.3. The van der Waals surface area contributed by atoms with Gasteiger partial charge in [-0.25, -0.2) is 0 Å². The number of hydrogen-bond acceptors (Lipinski definition) is 22. The Hall–Kier alpha value is -7.02. The molecule has 0 spiro atoms. The topological polar surface area (TPSA) is 344 Å². The Labute approximate surface area is 769 Å². The Morgan fingerprint density at radius 3 is 1.00 bits per heavy atom. The minimum Gasteiger partial charge on any atom is -0.481 e. The molecular formula is C105H162O24. The number of fused-ring (bicyclic) bond motifs is 4. The first-order valence-electron chi connectivity index (χ1n) is 48.9. The third-order valence-electron chi connectivity index (χ3n) is 32.6. The molecule has 16 unspecified atom stereocenters. The van der Waals surface area contributed by atoms with Crippen LogP contribution in [0.1, 0.15) is 376 Å². The predicted molar refractivity (Wildman–Crippen MR) is 488 cm³/mol. The van der Waals surface area contributed by atoms with Crippen LogP contribution in [0.25, 0.3) is 0 Å². The van der Waals surface area contributed by atoms with Crippen LogP contribution in [0.4, 0.5) is 0 Å². The molecule has 726 valence electrons. The van der Waals surface area contributed by atoms with Crippen LogP contribution in [0.3, 0.4) is 0 Å². The van der Waals surface area contributed by atoms with Gasteiger partial charge in [0.25, 0.3) is 0 Å². The fourth-order valence-electron chi connectivity index (χ4n) is 20.9. The van der Waals surface area contributed by atoms with E-state index in [1.54, 1.807) is 27.7 Å². The molecule has 16 aliphatic rings. The maximum atomic E-state index is 12.5. The van der Waals surface area contributed by atoms with Gasteiger partial charge in [0.1, 0.15) is 34.6 Å². The monoisotopic (exact) mass is 1810 g/mol. The zero-order valence-electron chi connectivity index (χ0n) is 83.2. The Morgan fingerprint density at radius 2 is 0.682 bits per heavy atom. The van der Waals surface area contributed by atoms with E-state index < -0.39 is 102 Å². The number of aryl methyl sites for hydroxylation is 2. The molecular weight excluding hydrogens is 1650 g/mol. The van der Waals surface area contributed by atoms with E-state index in [-0.39, 0.29) is 95.2 Å². The molecule has 10 aliphatic carbocycles. The van der Waals surface area contributed by atoms with E-state index >= 15 is 0 Å². The molecule has 2 aromatic carbocycles. The molecule has 6 heterocycles. The average Bonchev–Trinajstić information content (AvgIpc) is 1.68. The molecule has 0 aromatic heterocycles. The lowest BCUT2D eigenvalue weighted by Crippen LogP contribution is -2.61. The molecule has 24 nitrogen and oxygen atoms in total. The van der Waals surface area contributed by atoms with Crippen LogP contribution in [-0.4, -0.2) is 151 Å². The molecule has 2 aromatic rings. The van der Waals surface area contributed by atoms with Gasteiger partial charge < -0.3 is 67.8 Å². The average molecular weight is 1810 g/mol. The third kappa shape index (κ3) is 23.8. The van der Waals surface area contributed by atoms with Crippen molar-refractivity contribution in [1.29, 1.82) is 0 Å². The summed E-state index contributed by atoms with van der Waals surface area (Å²) in [4.78, 5) is 117. The molecule has 24 heteroatoms. The van der Waals surface area contributed by atoms with Gasteiger partial charge in [-0.1, -0.05) is 111 Å². The van der Waals surface area contributed by atoms with Gasteiger partial charge in [0.2, 0.25) is 0 Å². The highest BCUT2D eigenvalue weighted by Gasteiger charge is 2.68. The largest absolute Gasteiger partial charge is 0.481 e. The van der Waals surface area contributed by atoms with Crippen LogP contribution in [0.2, 0.25) is 0 Å². The number of esters is 8. The number of carboxylic acids is 2. The van der Waals surface area contributed by atoms with E-state index in [0.717, 1.165) is 122 Å². The van der Waals surface area contributed by atoms with Gasteiger partial charge in [0, 0.05) is 12.8 Å². The van der Waals surface area contributed by atoms with E-state index in [1.165, 1.54) is 35.1 Å². The van der Waals surface area contributed by atoms with Crippen LogP contribution in [0.15, 0.2) is 48.5 Å². The maximum absolute atomic E-state index is 12.5. The zero-order valence-corrected chi connectivity index (χ0v) is 83.2. The van der Waals surface area contributed by atoms with E-state index in [9.17, 15) is 58.2 Å². The second-order valence-corrected chi connectivity index (χ2v) is 45.9. The van der Waals surface area contributed by atoms with E-state index in [1.807, 2.05) is 151 Å². The number of benzene rings is 2. The Bertz CT molecular complexity index is 4100. The number of carbonyl (C=O) groups is 10. The highest BCUT2D eigenvalue weighted by Crippen LogP contribution is 2.62. The first-order valence-corrected chi connectivity index (χ1v) is 48.9. The molecule has 0 radical (unpaired) electrons. The molecule has 0 amide bonds. The summed E-state index contributed by atoms with van der Waals surface area (Å²) in [6.45, 7) is 49.8. The lowest BCUT2D eigenvalue weighted by molar-refractivity contribution is -0.226. The van der Waals surface area contributed by atoms with Crippen molar-refractivity contribution < 1.29 is 116 Å². The van der Waals surface area contributed by atoms with Gasteiger partial charge in [-0.15, -0.1) is 0 Å². The SMILES string of the molecule is CCC(C)(C)C(=O)O.CCC(C)(C)C(=O)O.CCC(C)(C)C(=O)OC1(C)CCCc2ccccc21.CCC(C)(C)C(=O)OC1(CC)CCCc2ccccc21.CCC(C)(C)C(=O)OC12CC3CC(CC(O)(C3)C1)C2.CCC(C)(C)C(=O)OC12CC3CC(CC(O)(C3)C1)C2.CCC(C)(C)C(=O)OC1C2CC3C(=O)OC1C3O2.CCC(C)(C)C(=O)OC1C2CC3C(=O)OC1C3O2. The highest BCUT2D eigenvalue weighted by atomic mass is 16.7. The summed E-state index contributed by atoms with van der Waals surface area (Å²) in [6.07, 6.45) is 23.2. The molecule has 16 atom stereocenters. The maximum Gasteiger partial charge on any atom is 0.312 e. The summed E-state index contributed by atoms with van der Waals surface area (Å²) in [7, 11) is 0. The van der Waals surface area contributed by atoms with Crippen molar-refractivity contribution in [1.82, 2.24) is 0 Å². The van der Waals surface area contributed by atoms with Gasteiger partial charge in [-0.2, -0.15) is 0 Å². The van der Waals surface area contributed by atoms with Gasteiger partial charge in [0.15, 0.2) is 24.4 Å². The summed E-state index contributed by atoms with van der Waals surface area (Å²) in [5.41, 5.74) is -1.39. The summed E-state index contributed by atoms with van der Waals surface area (Å²) in [5.74, 6) is -0.727. The van der Waals surface area contributed by atoms with Gasteiger partial charge >= 0.3 is 59.7 Å². The van der Waals surface area contributed by atoms with Crippen molar-refractivity contribution in [2.45, 2.75) is 449 Å². The molecule has 8 saturated carbocycles. The van der Waals surface area contributed by atoms with Crippen LogP contribution < -0.4 is 0 Å². The van der Waals surface area contributed by atoms with Crippen LogP contribution >= 0.6 is 0 Å². The molecule has 18 rings (SSSR count). The number of carbonyl (C=O) groups excluding carboxylic acids is 8. The highest BCUT2D eigenvalue weighted by molar-refractivity contribution is 5.81. The second-order valence-electron chi connectivity index (χ2n) is 45.9. The van der Waals surface area contributed by atoms with Crippen LogP contribution in [0.5, 0.6) is 0 Å². The Kier molecular flexibility index (Phi) is 33.0. The first kappa shape index (κ1) is 106. The molecule has 6 aliphatic heterocycles. The van der Waals surface area contributed by atoms with E-state index in [0.29, 0.717) is 75.0 Å². The number of carboxylic acid groups (broad SMARTS) is 2. The molecule has 14 fully saturated rings. The quantitative estimate of drug-likeness (QED) is 0.0593. The zero-order chi connectivity index (χ0) is 96.4. The van der Waals surface area contributed by atoms with Crippen molar-refractivity contribution in [3.05, 3.63) is 70.8 Å². The molecule has 12 bridgehead atoms. The number of hydrogen-bond donors (Lipinski definition) is 4. The third-order valence-corrected chi connectivity index (χ3v) is 32.6. The van der Waals surface area contributed by atoms with Crippen molar-refractivity contribution in [3.63, 3.8) is 0 Å². The van der Waals surface area contributed by atoms with E-state index in [2.05, 4.69) is 50.2 Å². The summed E-state index contributed by atoms with van der Waals surface area (Å²) >= 11 is 0. The molecule has 129 heavy (non-hydrogen) atoms. The Balaban J connectivity index is 0.000000169. The molecule has 6 saturated heterocycles. The summed E-state index contributed by atoms with van der Waals surface area (Å²) in [6, 6.07) is 16.7. The number of aliphatic carboxylic acids is 2. The number of rotatable bonds is 23. The normalized spacial score (nSPS) is 32.7. The fraction of sp³-hybridized carbons (Fsp3) is 0.790. The van der Waals surface area contributed by atoms with Crippen molar-refractivity contribution in [2.75, 3.05) is 0 Å². The van der Waals surface area contributed by atoms with Gasteiger partial charge in [-0.3, -0.25) is 47.9 Å². The number of aliphatic hydroxyl groups is 2. The lowest BCUT2D eigenvalue weighted by atomic mass is 9.52. The van der Waals surface area contributed by atoms with E-state index in [4.69, 9.17) is 57.6 Å². The minimum absolute atomic E-state index is 0.0708. The lowest BCUT2D eigenvalue weighted by Gasteiger charge is -2.59. The van der Waals surface area contributed by atoms with Crippen molar-refractivity contribution in [3.8, 4) is 0 Å². The first-order chi connectivity index (χ1) is 59.7. The number of ether oxygens (including phenoxy) is 10.